The first-order valence-electron chi connectivity index (χ1n) is 6.48. The van der Waals surface area contributed by atoms with E-state index in [1.165, 1.54) is 5.57 Å². The lowest BCUT2D eigenvalue weighted by Gasteiger charge is -2.34. The SMILES string of the molecule is CC1C(C)(C)C2=C(C(=O)C(C=O)CC2)C1(C)C. The molecule has 0 aliphatic heterocycles. The molecule has 2 aliphatic rings. The summed E-state index contributed by atoms with van der Waals surface area (Å²) in [4.78, 5) is 23.4. The number of Topliss-reactive ketones (excluding diaryl/α,β-unsaturated/α-hetero) is 1. The van der Waals surface area contributed by atoms with Crippen molar-refractivity contribution in [3.8, 4) is 0 Å². The van der Waals surface area contributed by atoms with Crippen LogP contribution < -0.4 is 0 Å². The molecular formula is C15H22O2. The molecule has 0 saturated carbocycles. The number of rotatable bonds is 1. The van der Waals surface area contributed by atoms with Gasteiger partial charge in [0.25, 0.3) is 0 Å². The van der Waals surface area contributed by atoms with Crippen molar-refractivity contribution in [3.63, 3.8) is 0 Å². The smallest absolute Gasteiger partial charge is 0.169 e. The van der Waals surface area contributed by atoms with Crippen LogP contribution in [-0.2, 0) is 9.59 Å². The fourth-order valence-electron chi connectivity index (χ4n) is 3.75. The van der Waals surface area contributed by atoms with Gasteiger partial charge in [-0.25, -0.2) is 0 Å². The third-order valence-corrected chi connectivity index (χ3v) is 5.34. The molecule has 2 nitrogen and oxygen atoms in total. The standard InChI is InChI=1S/C15H22O2/c1-9-14(2,3)11-7-6-10(8-16)13(17)12(11)15(9,4)5/h8-10H,6-7H2,1-5H3. The number of carbonyl (C=O) groups is 2. The van der Waals surface area contributed by atoms with Crippen LogP contribution in [0, 0.1) is 22.7 Å². The summed E-state index contributed by atoms with van der Waals surface area (Å²) < 4.78 is 0. The summed E-state index contributed by atoms with van der Waals surface area (Å²) in [6.45, 7) is 11.0. The molecule has 2 aliphatic carbocycles. The van der Waals surface area contributed by atoms with Gasteiger partial charge < -0.3 is 4.79 Å². The van der Waals surface area contributed by atoms with Crippen LogP contribution in [0.2, 0.25) is 0 Å². The van der Waals surface area contributed by atoms with Gasteiger partial charge in [0.05, 0.1) is 5.92 Å². The van der Waals surface area contributed by atoms with Crippen molar-refractivity contribution in [1.29, 1.82) is 0 Å². The quantitative estimate of drug-likeness (QED) is 0.516. The molecule has 0 fully saturated rings. The summed E-state index contributed by atoms with van der Waals surface area (Å²) >= 11 is 0. The summed E-state index contributed by atoms with van der Waals surface area (Å²) in [6.07, 6.45) is 2.44. The minimum absolute atomic E-state index is 0.0857. The van der Waals surface area contributed by atoms with E-state index in [0.717, 1.165) is 18.3 Å². The lowest BCUT2D eigenvalue weighted by Crippen LogP contribution is -2.31. The minimum Gasteiger partial charge on any atom is -0.303 e. The van der Waals surface area contributed by atoms with Crippen molar-refractivity contribution < 1.29 is 9.59 Å². The van der Waals surface area contributed by atoms with E-state index in [4.69, 9.17) is 0 Å². The monoisotopic (exact) mass is 234 g/mol. The van der Waals surface area contributed by atoms with E-state index in [-0.39, 0.29) is 16.6 Å². The van der Waals surface area contributed by atoms with E-state index in [0.29, 0.717) is 12.3 Å². The van der Waals surface area contributed by atoms with Gasteiger partial charge in [0, 0.05) is 5.57 Å². The van der Waals surface area contributed by atoms with Gasteiger partial charge in [0.1, 0.15) is 6.29 Å². The Kier molecular flexibility index (Phi) is 2.61. The molecule has 2 unspecified atom stereocenters. The Bertz CT molecular complexity index is 413. The topological polar surface area (TPSA) is 34.1 Å². The van der Waals surface area contributed by atoms with Crippen molar-refractivity contribution in [3.05, 3.63) is 11.1 Å². The Morgan fingerprint density at radius 3 is 2.29 bits per heavy atom. The molecule has 2 heteroatoms. The summed E-state index contributed by atoms with van der Waals surface area (Å²) in [5, 5.41) is 0. The molecular weight excluding hydrogens is 212 g/mol. The van der Waals surface area contributed by atoms with Crippen molar-refractivity contribution in [2.24, 2.45) is 22.7 Å². The molecule has 0 radical (unpaired) electrons. The zero-order valence-corrected chi connectivity index (χ0v) is 11.5. The van der Waals surface area contributed by atoms with Gasteiger partial charge in [-0.1, -0.05) is 40.2 Å². The van der Waals surface area contributed by atoms with Crippen LogP contribution in [0.15, 0.2) is 11.1 Å². The van der Waals surface area contributed by atoms with Crippen molar-refractivity contribution in [2.75, 3.05) is 0 Å². The van der Waals surface area contributed by atoms with Crippen LogP contribution >= 0.6 is 0 Å². The molecule has 0 bridgehead atoms. The highest BCUT2D eigenvalue weighted by atomic mass is 16.1. The molecule has 0 heterocycles. The highest BCUT2D eigenvalue weighted by molar-refractivity contribution is 6.07. The average Bonchev–Trinajstić information content (AvgIpc) is 2.39. The molecule has 17 heavy (non-hydrogen) atoms. The number of allylic oxidation sites excluding steroid dienone is 2. The van der Waals surface area contributed by atoms with E-state index in [9.17, 15) is 9.59 Å². The molecule has 0 aromatic rings. The number of ketones is 1. The van der Waals surface area contributed by atoms with Crippen molar-refractivity contribution in [1.82, 2.24) is 0 Å². The van der Waals surface area contributed by atoms with Crippen LogP contribution in [0.1, 0.15) is 47.5 Å². The van der Waals surface area contributed by atoms with E-state index >= 15 is 0 Å². The summed E-state index contributed by atoms with van der Waals surface area (Å²) in [5.41, 5.74) is 2.25. The van der Waals surface area contributed by atoms with E-state index in [1.54, 1.807) is 0 Å². The Labute approximate surface area is 103 Å². The predicted molar refractivity (Wildman–Crippen MR) is 67.5 cm³/mol. The van der Waals surface area contributed by atoms with Crippen LogP contribution in [0.5, 0.6) is 0 Å². The zero-order valence-electron chi connectivity index (χ0n) is 11.5. The van der Waals surface area contributed by atoms with Gasteiger partial charge in [0.2, 0.25) is 0 Å². The highest BCUT2D eigenvalue weighted by Gasteiger charge is 2.54. The van der Waals surface area contributed by atoms with E-state index < -0.39 is 5.92 Å². The maximum Gasteiger partial charge on any atom is 0.169 e. The largest absolute Gasteiger partial charge is 0.303 e. The lowest BCUT2D eigenvalue weighted by atomic mass is 9.69. The highest BCUT2D eigenvalue weighted by Crippen LogP contribution is 2.60. The van der Waals surface area contributed by atoms with Gasteiger partial charge in [-0.3, -0.25) is 4.79 Å². The van der Waals surface area contributed by atoms with Crippen molar-refractivity contribution in [2.45, 2.75) is 47.5 Å². The number of aldehydes is 1. The molecule has 2 rings (SSSR count). The summed E-state index contributed by atoms with van der Waals surface area (Å²) in [6, 6.07) is 0. The number of carbonyl (C=O) groups excluding carboxylic acids is 2. The molecule has 2 atom stereocenters. The van der Waals surface area contributed by atoms with Gasteiger partial charge in [-0.15, -0.1) is 0 Å². The third-order valence-electron chi connectivity index (χ3n) is 5.34. The molecule has 0 spiro atoms. The van der Waals surface area contributed by atoms with Crippen LogP contribution in [0.25, 0.3) is 0 Å². The lowest BCUT2D eigenvalue weighted by molar-refractivity contribution is -0.126. The zero-order chi connectivity index (χ0) is 13.0. The van der Waals surface area contributed by atoms with Crippen molar-refractivity contribution >= 4 is 12.1 Å². The number of hydrogen-bond acceptors (Lipinski definition) is 2. The molecule has 0 aromatic heterocycles. The molecule has 0 saturated heterocycles. The summed E-state index contributed by atoms with van der Waals surface area (Å²) in [7, 11) is 0. The van der Waals surface area contributed by atoms with Gasteiger partial charge in [-0.05, 0) is 29.6 Å². The Hall–Kier alpha value is -0.920. The first-order chi connectivity index (χ1) is 7.74. The van der Waals surface area contributed by atoms with Gasteiger partial charge in [0.15, 0.2) is 5.78 Å². The summed E-state index contributed by atoms with van der Waals surface area (Å²) in [5.74, 6) is 0.132. The van der Waals surface area contributed by atoms with Gasteiger partial charge in [-0.2, -0.15) is 0 Å². The van der Waals surface area contributed by atoms with Gasteiger partial charge >= 0.3 is 0 Å². The second-order valence-electron chi connectivity index (χ2n) is 6.66. The fraction of sp³-hybridized carbons (Fsp3) is 0.733. The number of hydrogen-bond donors (Lipinski definition) is 0. The second-order valence-corrected chi connectivity index (χ2v) is 6.66. The first-order valence-corrected chi connectivity index (χ1v) is 6.48. The van der Waals surface area contributed by atoms with Crippen LogP contribution in [0.3, 0.4) is 0 Å². The minimum atomic E-state index is -0.394. The van der Waals surface area contributed by atoms with Crippen LogP contribution in [-0.4, -0.2) is 12.1 Å². The maximum atomic E-state index is 12.4. The molecule has 0 N–H and O–H groups in total. The second kappa shape index (κ2) is 3.54. The Morgan fingerprint density at radius 1 is 1.18 bits per heavy atom. The first kappa shape index (κ1) is 12.5. The fourth-order valence-corrected chi connectivity index (χ4v) is 3.75. The van der Waals surface area contributed by atoms with E-state index in [1.807, 2.05) is 0 Å². The normalized spacial score (nSPS) is 34.8. The maximum absolute atomic E-state index is 12.4. The molecule has 94 valence electrons. The average molecular weight is 234 g/mol. The Morgan fingerprint density at radius 2 is 1.76 bits per heavy atom. The molecule has 0 amide bonds. The molecule has 0 aromatic carbocycles. The third kappa shape index (κ3) is 1.46. The Balaban J connectivity index is 2.57. The van der Waals surface area contributed by atoms with Crippen LogP contribution in [0.4, 0.5) is 0 Å². The van der Waals surface area contributed by atoms with E-state index in [2.05, 4.69) is 34.6 Å². The predicted octanol–water partition coefficient (Wildman–Crippen LogP) is 3.16.